The molecule has 0 radical (unpaired) electrons. The highest BCUT2D eigenvalue weighted by molar-refractivity contribution is 7.14. The lowest BCUT2D eigenvalue weighted by Crippen LogP contribution is -2.24. The van der Waals surface area contributed by atoms with Crippen LogP contribution in [0.5, 0.6) is 0 Å². The minimum atomic E-state index is -0.294. The number of aryl methyl sites for hydroxylation is 3. The van der Waals surface area contributed by atoms with Gasteiger partial charge in [0, 0.05) is 17.9 Å². The zero-order valence-electron chi connectivity index (χ0n) is 16.8. The lowest BCUT2D eigenvalue weighted by molar-refractivity contribution is -0.115. The van der Waals surface area contributed by atoms with Gasteiger partial charge in [-0.2, -0.15) is 5.10 Å². The van der Waals surface area contributed by atoms with Gasteiger partial charge in [-0.1, -0.05) is 35.9 Å². The standard InChI is InChI=1S/C22H22N4O2S/c1-14-8-10-18(11-9-14)21(28)25-23-12-19-13-29-22(24-19)26(17(4)27)20-15(2)6-5-7-16(20)3/h5-13H,1-4H3,(H,25,28)/b23-12-. The Balaban J connectivity index is 1.76. The van der Waals surface area contributed by atoms with Gasteiger partial charge in [0.05, 0.1) is 17.6 Å². The fraction of sp³-hybridized carbons (Fsp3) is 0.182. The molecule has 0 aliphatic carbocycles. The minimum Gasteiger partial charge on any atom is -0.274 e. The summed E-state index contributed by atoms with van der Waals surface area (Å²) in [5.41, 5.74) is 7.50. The molecule has 3 aromatic rings. The number of para-hydroxylation sites is 1. The Morgan fingerprint density at radius 2 is 1.72 bits per heavy atom. The zero-order valence-corrected chi connectivity index (χ0v) is 17.6. The number of thiazole rings is 1. The van der Waals surface area contributed by atoms with E-state index in [4.69, 9.17) is 0 Å². The third-order valence-electron chi connectivity index (χ3n) is 4.36. The monoisotopic (exact) mass is 406 g/mol. The molecule has 29 heavy (non-hydrogen) atoms. The number of nitrogens with zero attached hydrogens (tertiary/aromatic N) is 3. The first-order valence-electron chi connectivity index (χ1n) is 9.09. The van der Waals surface area contributed by atoms with Crippen molar-refractivity contribution in [1.29, 1.82) is 0 Å². The van der Waals surface area contributed by atoms with Gasteiger partial charge in [-0.3, -0.25) is 14.5 Å². The van der Waals surface area contributed by atoms with Gasteiger partial charge < -0.3 is 0 Å². The van der Waals surface area contributed by atoms with Gasteiger partial charge in [-0.15, -0.1) is 11.3 Å². The molecular formula is C22H22N4O2S. The molecule has 1 heterocycles. The van der Waals surface area contributed by atoms with Crippen molar-refractivity contribution in [1.82, 2.24) is 10.4 Å². The molecule has 0 fully saturated rings. The van der Waals surface area contributed by atoms with E-state index in [0.717, 1.165) is 22.4 Å². The van der Waals surface area contributed by atoms with E-state index in [2.05, 4.69) is 15.5 Å². The van der Waals surface area contributed by atoms with Crippen LogP contribution in [0.15, 0.2) is 52.9 Å². The molecule has 0 unspecified atom stereocenters. The second-order valence-electron chi connectivity index (χ2n) is 6.71. The van der Waals surface area contributed by atoms with Crippen LogP contribution in [-0.2, 0) is 4.79 Å². The minimum absolute atomic E-state index is 0.118. The third-order valence-corrected chi connectivity index (χ3v) is 5.20. The number of nitrogens with one attached hydrogen (secondary N) is 1. The number of hydrogen-bond acceptors (Lipinski definition) is 5. The van der Waals surface area contributed by atoms with E-state index in [1.54, 1.807) is 22.4 Å². The molecule has 1 N–H and O–H groups in total. The molecule has 0 aliphatic rings. The Bertz CT molecular complexity index is 1050. The van der Waals surface area contributed by atoms with Crippen molar-refractivity contribution in [2.45, 2.75) is 27.7 Å². The van der Waals surface area contributed by atoms with Crippen LogP contribution in [0.3, 0.4) is 0 Å². The van der Waals surface area contributed by atoms with Gasteiger partial charge in [0.25, 0.3) is 5.91 Å². The Kier molecular flexibility index (Phi) is 6.19. The molecule has 0 spiro atoms. The maximum atomic E-state index is 12.3. The molecule has 2 aromatic carbocycles. The summed E-state index contributed by atoms with van der Waals surface area (Å²) in [6.07, 6.45) is 1.47. The number of aromatic nitrogens is 1. The summed E-state index contributed by atoms with van der Waals surface area (Å²) < 4.78 is 0. The van der Waals surface area contributed by atoms with Gasteiger partial charge in [-0.25, -0.2) is 10.4 Å². The van der Waals surface area contributed by atoms with E-state index in [0.29, 0.717) is 16.4 Å². The number of amides is 2. The molecule has 0 saturated heterocycles. The first-order chi connectivity index (χ1) is 13.9. The number of rotatable bonds is 5. The van der Waals surface area contributed by atoms with Crippen molar-refractivity contribution in [3.63, 3.8) is 0 Å². The number of carbonyl (C=O) groups is 2. The molecule has 0 aliphatic heterocycles. The largest absolute Gasteiger partial charge is 0.274 e. The van der Waals surface area contributed by atoms with E-state index in [1.807, 2.05) is 51.1 Å². The first-order valence-corrected chi connectivity index (χ1v) is 9.97. The van der Waals surface area contributed by atoms with Crippen molar-refractivity contribution < 1.29 is 9.59 Å². The summed E-state index contributed by atoms with van der Waals surface area (Å²) in [5.74, 6) is -0.412. The van der Waals surface area contributed by atoms with Gasteiger partial charge in [0.2, 0.25) is 5.91 Å². The van der Waals surface area contributed by atoms with Crippen molar-refractivity contribution in [2.24, 2.45) is 5.10 Å². The lowest BCUT2D eigenvalue weighted by atomic mass is 10.1. The molecule has 7 heteroatoms. The first kappa shape index (κ1) is 20.4. The zero-order chi connectivity index (χ0) is 21.0. The van der Waals surface area contributed by atoms with Crippen LogP contribution in [0.1, 0.15) is 39.7 Å². The van der Waals surface area contributed by atoms with E-state index in [1.165, 1.54) is 24.5 Å². The Hall–Kier alpha value is -3.32. The molecule has 148 valence electrons. The van der Waals surface area contributed by atoms with Gasteiger partial charge >= 0.3 is 0 Å². The van der Waals surface area contributed by atoms with Gasteiger partial charge in [0.15, 0.2) is 5.13 Å². The second-order valence-corrected chi connectivity index (χ2v) is 7.55. The predicted molar refractivity (Wildman–Crippen MR) is 117 cm³/mol. The fourth-order valence-corrected chi connectivity index (χ4v) is 3.73. The van der Waals surface area contributed by atoms with Gasteiger partial charge in [0.1, 0.15) is 0 Å². The van der Waals surface area contributed by atoms with Crippen LogP contribution in [0, 0.1) is 20.8 Å². The molecular weight excluding hydrogens is 384 g/mol. The predicted octanol–water partition coefficient (Wildman–Crippen LogP) is 4.52. The van der Waals surface area contributed by atoms with Crippen LogP contribution in [-0.4, -0.2) is 23.0 Å². The molecule has 0 bridgehead atoms. The number of carbonyl (C=O) groups excluding carboxylic acids is 2. The van der Waals surface area contributed by atoms with E-state index in [-0.39, 0.29) is 11.8 Å². The van der Waals surface area contributed by atoms with Crippen molar-refractivity contribution in [2.75, 3.05) is 4.90 Å². The van der Waals surface area contributed by atoms with E-state index < -0.39 is 0 Å². The SMILES string of the molecule is CC(=O)N(c1nc(/C=N\NC(=O)c2ccc(C)cc2)cs1)c1c(C)cccc1C. The number of hydrogen-bond donors (Lipinski definition) is 1. The van der Waals surface area contributed by atoms with Crippen molar-refractivity contribution in [3.8, 4) is 0 Å². The van der Waals surface area contributed by atoms with Crippen LogP contribution < -0.4 is 10.3 Å². The average molecular weight is 407 g/mol. The molecule has 1 aromatic heterocycles. The number of benzene rings is 2. The summed E-state index contributed by atoms with van der Waals surface area (Å²) in [4.78, 5) is 30.6. The Morgan fingerprint density at radius 3 is 2.34 bits per heavy atom. The summed E-state index contributed by atoms with van der Waals surface area (Å²) in [7, 11) is 0. The normalized spacial score (nSPS) is 10.9. The highest BCUT2D eigenvalue weighted by Gasteiger charge is 2.21. The maximum Gasteiger partial charge on any atom is 0.271 e. The lowest BCUT2D eigenvalue weighted by Gasteiger charge is -2.22. The fourth-order valence-electron chi connectivity index (χ4n) is 2.91. The van der Waals surface area contributed by atoms with Crippen LogP contribution in [0.25, 0.3) is 0 Å². The maximum absolute atomic E-state index is 12.3. The van der Waals surface area contributed by atoms with Crippen LogP contribution >= 0.6 is 11.3 Å². The molecule has 0 saturated carbocycles. The molecule has 3 rings (SSSR count). The van der Waals surface area contributed by atoms with E-state index in [9.17, 15) is 9.59 Å². The molecule has 2 amide bonds. The number of anilines is 2. The summed E-state index contributed by atoms with van der Waals surface area (Å²) in [5, 5.41) is 6.33. The summed E-state index contributed by atoms with van der Waals surface area (Å²) in [6, 6.07) is 13.1. The van der Waals surface area contributed by atoms with Crippen LogP contribution in [0.4, 0.5) is 10.8 Å². The highest BCUT2D eigenvalue weighted by atomic mass is 32.1. The quantitative estimate of drug-likeness (QED) is 0.500. The highest BCUT2D eigenvalue weighted by Crippen LogP contribution is 2.33. The van der Waals surface area contributed by atoms with E-state index >= 15 is 0 Å². The van der Waals surface area contributed by atoms with Gasteiger partial charge in [-0.05, 0) is 44.0 Å². The molecule has 6 nitrogen and oxygen atoms in total. The third kappa shape index (κ3) is 4.75. The number of hydrazone groups is 1. The summed E-state index contributed by atoms with van der Waals surface area (Å²) in [6.45, 7) is 7.41. The Labute approximate surface area is 173 Å². The second kappa shape index (κ2) is 8.79. The Morgan fingerprint density at radius 1 is 1.07 bits per heavy atom. The van der Waals surface area contributed by atoms with Crippen LogP contribution in [0.2, 0.25) is 0 Å². The average Bonchev–Trinajstić information content (AvgIpc) is 3.13. The summed E-state index contributed by atoms with van der Waals surface area (Å²) >= 11 is 1.35. The smallest absolute Gasteiger partial charge is 0.271 e. The van der Waals surface area contributed by atoms with Crippen molar-refractivity contribution >= 4 is 40.2 Å². The topological polar surface area (TPSA) is 74.7 Å². The van der Waals surface area contributed by atoms with Crippen molar-refractivity contribution in [3.05, 3.63) is 75.8 Å². The molecule has 0 atom stereocenters.